The second-order valence-electron chi connectivity index (χ2n) is 4.18. The van der Waals surface area contributed by atoms with Gasteiger partial charge < -0.3 is 14.8 Å². The Morgan fingerprint density at radius 2 is 2.00 bits per heavy atom. The zero-order chi connectivity index (χ0) is 13.4. The first-order valence-corrected chi connectivity index (χ1v) is 6.07. The van der Waals surface area contributed by atoms with E-state index in [1.807, 2.05) is 32.0 Å². The number of hydrogen-bond acceptors (Lipinski definition) is 3. The van der Waals surface area contributed by atoms with Crippen molar-refractivity contribution in [3.05, 3.63) is 34.9 Å². The van der Waals surface area contributed by atoms with E-state index in [0.29, 0.717) is 26.4 Å². The number of methoxy groups -OCH3 is 1. The van der Waals surface area contributed by atoms with Crippen LogP contribution in [0.3, 0.4) is 0 Å². The Morgan fingerprint density at radius 1 is 1.22 bits per heavy atom. The molecule has 0 saturated carbocycles. The highest BCUT2D eigenvalue weighted by Gasteiger charge is 2.07. The van der Waals surface area contributed by atoms with Crippen molar-refractivity contribution in [2.75, 3.05) is 33.5 Å². The molecule has 0 saturated heterocycles. The number of amides is 1. The molecule has 0 aromatic heterocycles. The van der Waals surface area contributed by atoms with Gasteiger partial charge in [-0.3, -0.25) is 4.79 Å². The fourth-order valence-corrected chi connectivity index (χ4v) is 1.64. The van der Waals surface area contributed by atoms with Gasteiger partial charge in [0.25, 0.3) is 5.91 Å². The molecule has 1 N–H and O–H groups in total. The average molecular weight is 251 g/mol. The minimum atomic E-state index is -0.0529. The van der Waals surface area contributed by atoms with E-state index < -0.39 is 0 Å². The Balaban J connectivity index is 2.32. The van der Waals surface area contributed by atoms with Crippen LogP contribution >= 0.6 is 0 Å². The Bertz CT molecular complexity index is 391. The molecule has 1 rings (SSSR count). The highest BCUT2D eigenvalue weighted by Crippen LogP contribution is 2.09. The molecule has 4 heteroatoms. The monoisotopic (exact) mass is 251 g/mol. The number of carbonyl (C=O) groups is 1. The van der Waals surface area contributed by atoms with Crippen molar-refractivity contribution in [2.24, 2.45) is 0 Å². The van der Waals surface area contributed by atoms with Crippen LogP contribution in [0.1, 0.15) is 21.5 Å². The van der Waals surface area contributed by atoms with E-state index in [4.69, 9.17) is 9.47 Å². The highest BCUT2D eigenvalue weighted by atomic mass is 16.5. The maximum atomic E-state index is 11.9. The molecule has 1 amide bonds. The normalized spacial score (nSPS) is 10.4. The maximum Gasteiger partial charge on any atom is 0.251 e. The molecule has 100 valence electrons. The number of ether oxygens (including phenoxy) is 2. The molecule has 0 unspecified atom stereocenters. The van der Waals surface area contributed by atoms with Crippen molar-refractivity contribution in [1.29, 1.82) is 0 Å². The van der Waals surface area contributed by atoms with E-state index in [0.717, 1.165) is 16.7 Å². The quantitative estimate of drug-likeness (QED) is 0.750. The van der Waals surface area contributed by atoms with Crippen molar-refractivity contribution >= 4 is 5.91 Å². The van der Waals surface area contributed by atoms with Gasteiger partial charge in [0, 0.05) is 19.2 Å². The zero-order valence-electron chi connectivity index (χ0n) is 11.3. The molecule has 1 aromatic carbocycles. The first kappa shape index (κ1) is 14.7. The lowest BCUT2D eigenvalue weighted by Gasteiger charge is -2.08. The molecule has 0 fully saturated rings. The number of carbonyl (C=O) groups excluding carboxylic acids is 1. The van der Waals surface area contributed by atoms with Crippen LogP contribution in [0.2, 0.25) is 0 Å². The van der Waals surface area contributed by atoms with E-state index in [2.05, 4.69) is 5.32 Å². The van der Waals surface area contributed by atoms with Crippen molar-refractivity contribution in [2.45, 2.75) is 13.8 Å². The molecule has 1 aromatic rings. The second-order valence-corrected chi connectivity index (χ2v) is 4.18. The number of hydrogen-bond donors (Lipinski definition) is 1. The summed E-state index contributed by atoms with van der Waals surface area (Å²) in [6, 6.07) is 5.80. The topological polar surface area (TPSA) is 47.6 Å². The molecule has 0 aliphatic carbocycles. The van der Waals surface area contributed by atoms with Gasteiger partial charge in [-0.25, -0.2) is 0 Å². The smallest absolute Gasteiger partial charge is 0.251 e. The Kier molecular flexibility index (Phi) is 6.39. The molecule has 0 aliphatic rings. The molecular weight excluding hydrogens is 230 g/mol. The lowest BCUT2D eigenvalue weighted by Crippen LogP contribution is -2.28. The van der Waals surface area contributed by atoms with Crippen LogP contribution in [-0.4, -0.2) is 39.4 Å². The van der Waals surface area contributed by atoms with Crippen molar-refractivity contribution in [3.63, 3.8) is 0 Å². The molecule has 0 spiro atoms. The molecule has 4 nitrogen and oxygen atoms in total. The van der Waals surface area contributed by atoms with Crippen LogP contribution in [-0.2, 0) is 9.47 Å². The number of aryl methyl sites for hydroxylation is 2. The molecular formula is C14H21NO3. The summed E-state index contributed by atoms with van der Waals surface area (Å²) in [4.78, 5) is 11.9. The summed E-state index contributed by atoms with van der Waals surface area (Å²) in [5, 5.41) is 2.83. The largest absolute Gasteiger partial charge is 0.382 e. The van der Waals surface area contributed by atoms with E-state index in [1.54, 1.807) is 7.11 Å². The Labute approximate surface area is 108 Å². The van der Waals surface area contributed by atoms with E-state index >= 15 is 0 Å². The number of rotatable bonds is 7. The summed E-state index contributed by atoms with van der Waals surface area (Å²) in [5.41, 5.74) is 2.87. The Hall–Kier alpha value is -1.39. The number of nitrogens with one attached hydrogen (secondary N) is 1. The molecule has 0 aliphatic heterocycles. The van der Waals surface area contributed by atoms with Crippen LogP contribution in [0.25, 0.3) is 0 Å². The van der Waals surface area contributed by atoms with Crippen LogP contribution in [0.15, 0.2) is 18.2 Å². The second kappa shape index (κ2) is 7.84. The van der Waals surface area contributed by atoms with Gasteiger partial charge in [0.05, 0.1) is 19.8 Å². The van der Waals surface area contributed by atoms with Crippen LogP contribution in [0.4, 0.5) is 0 Å². The van der Waals surface area contributed by atoms with Gasteiger partial charge in [0.1, 0.15) is 0 Å². The highest BCUT2D eigenvalue weighted by molar-refractivity contribution is 5.95. The maximum absolute atomic E-state index is 11.9. The lowest BCUT2D eigenvalue weighted by molar-refractivity contribution is 0.0692. The fraction of sp³-hybridized carbons (Fsp3) is 0.500. The molecule has 0 atom stereocenters. The number of benzene rings is 1. The fourth-order valence-electron chi connectivity index (χ4n) is 1.64. The third-order valence-corrected chi connectivity index (χ3v) is 2.59. The summed E-state index contributed by atoms with van der Waals surface area (Å²) >= 11 is 0. The molecule has 0 heterocycles. The summed E-state index contributed by atoms with van der Waals surface area (Å²) in [6.45, 7) is 6.09. The van der Waals surface area contributed by atoms with Gasteiger partial charge in [-0.2, -0.15) is 0 Å². The summed E-state index contributed by atoms with van der Waals surface area (Å²) in [7, 11) is 1.63. The van der Waals surface area contributed by atoms with Crippen LogP contribution < -0.4 is 5.32 Å². The van der Waals surface area contributed by atoms with Crippen molar-refractivity contribution in [1.82, 2.24) is 5.32 Å². The third-order valence-electron chi connectivity index (χ3n) is 2.59. The summed E-state index contributed by atoms with van der Waals surface area (Å²) in [6.07, 6.45) is 0. The van der Waals surface area contributed by atoms with E-state index in [1.165, 1.54) is 0 Å². The molecule has 18 heavy (non-hydrogen) atoms. The Morgan fingerprint density at radius 3 is 2.67 bits per heavy atom. The SMILES string of the molecule is COCCOCCNC(=O)c1ccc(C)cc1C. The summed E-state index contributed by atoms with van der Waals surface area (Å²) in [5.74, 6) is -0.0529. The van der Waals surface area contributed by atoms with Gasteiger partial charge in [-0.1, -0.05) is 17.7 Å². The first-order chi connectivity index (χ1) is 8.65. The lowest BCUT2D eigenvalue weighted by atomic mass is 10.1. The van der Waals surface area contributed by atoms with Crippen LogP contribution in [0, 0.1) is 13.8 Å². The standard InChI is InChI=1S/C14H21NO3/c1-11-4-5-13(12(2)10-11)14(16)15-6-7-18-9-8-17-3/h4-5,10H,6-9H2,1-3H3,(H,15,16). The zero-order valence-corrected chi connectivity index (χ0v) is 11.3. The van der Waals surface area contributed by atoms with Gasteiger partial charge >= 0.3 is 0 Å². The summed E-state index contributed by atoms with van der Waals surface area (Å²) < 4.78 is 10.1. The minimum Gasteiger partial charge on any atom is -0.382 e. The molecule has 0 radical (unpaired) electrons. The predicted molar refractivity (Wildman–Crippen MR) is 70.9 cm³/mol. The predicted octanol–water partition coefficient (Wildman–Crippen LogP) is 1.70. The third kappa shape index (κ3) is 4.85. The van der Waals surface area contributed by atoms with Gasteiger partial charge in [0.15, 0.2) is 0 Å². The van der Waals surface area contributed by atoms with E-state index in [-0.39, 0.29) is 5.91 Å². The van der Waals surface area contributed by atoms with Crippen LogP contribution in [0.5, 0.6) is 0 Å². The van der Waals surface area contributed by atoms with Gasteiger partial charge in [-0.05, 0) is 25.5 Å². The van der Waals surface area contributed by atoms with Crippen molar-refractivity contribution < 1.29 is 14.3 Å². The average Bonchev–Trinajstić information content (AvgIpc) is 2.33. The van der Waals surface area contributed by atoms with Crippen molar-refractivity contribution in [3.8, 4) is 0 Å². The van der Waals surface area contributed by atoms with E-state index in [9.17, 15) is 4.79 Å². The molecule has 0 bridgehead atoms. The van der Waals surface area contributed by atoms with Gasteiger partial charge in [-0.15, -0.1) is 0 Å². The minimum absolute atomic E-state index is 0.0529. The first-order valence-electron chi connectivity index (χ1n) is 6.07. The van der Waals surface area contributed by atoms with Gasteiger partial charge in [0.2, 0.25) is 0 Å².